The Balaban J connectivity index is 2.55. The summed E-state index contributed by atoms with van der Waals surface area (Å²) in [5.41, 5.74) is 0.309. The summed E-state index contributed by atoms with van der Waals surface area (Å²) in [6.45, 7) is 0. The van der Waals surface area contributed by atoms with Crippen molar-refractivity contribution in [2.45, 2.75) is 0 Å². The lowest BCUT2D eigenvalue weighted by atomic mass is 10.2. The summed E-state index contributed by atoms with van der Waals surface area (Å²) in [5.74, 6) is 0.0751. The smallest absolute Gasteiger partial charge is 0.230 e. The molecule has 0 unspecified atom stereocenters. The standard InChI is InChI=1S/C9H9N3O3S/c1-16(14,15)12-8-3-2-6-4-10-5-7(13)9(6)11-8/h2-5,13H,1H3,(H,11,12). The van der Waals surface area contributed by atoms with Crippen molar-refractivity contribution in [3.8, 4) is 5.75 Å². The molecule has 2 aromatic rings. The summed E-state index contributed by atoms with van der Waals surface area (Å²) in [7, 11) is -3.37. The van der Waals surface area contributed by atoms with Crippen LogP contribution in [0, 0.1) is 0 Å². The first-order valence-corrected chi connectivity index (χ1v) is 6.26. The third-order valence-electron chi connectivity index (χ3n) is 1.87. The fourth-order valence-corrected chi connectivity index (χ4v) is 1.77. The highest BCUT2D eigenvalue weighted by Gasteiger charge is 2.06. The van der Waals surface area contributed by atoms with Gasteiger partial charge in [0.25, 0.3) is 0 Å². The maximum Gasteiger partial charge on any atom is 0.230 e. The van der Waals surface area contributed by atoms with Crippen molar-refractivity contribution >= 4 is 26.7 Å². The maximum atomic E-state index is 11.0. The van der Waals surface area contributed by atoms with Gasteiger partial charge in [0.05, 0.1) is 12.5 Å². The van der Waals surface area contributed by atoms with Gasteiger partial charge in [0.15, 0.2) is 5.75 Å². The summed E-state index contributed by atoms with van der Waals surface area (Å²) in [4.78, 5) is 7.77. The summed E-state index contributed by atoms with van der Waals surface area (Å²) < 4.78 is 24.2. The van der Waals surface area contributed by atoms with Gasteiger partial charge in [0, 0.05) is 11.6 Å². The van der Waals surface area contributed by atoms with Crippen LogP contribution < -0.4 is 4.72 Å². The summed E-state index contributed by atoms with van der Waals surface area (Å²) in [6.07, 6.45) is 3.82. The SMILES string of the molecule is CS(=O)(=O)Nc1ccc2cncc(O)c2n1. The number of hydrogen-bond acceptors (Lipinski definition) is 5. The monoisotopic (exact) mass is 239 g/mol. The normalized spacial score (nSPS) is 11.6. The van der Waals surface area contributed by atoms with E-state index >= 15 is 0 Å². The zero-order valence-corrected chi connectivity index (χ0v) is 9.19. The molecule has 84 valence electrons. The quantitative estimate of drug-likeness (QED) is 0.805. The largest absolute Gasteiger partial charge is 0.504 e. The molecular weight excluding hydrogens is 230 g/mol. The van der Waals surface area contributed by atoms with Gasteiger partial charge in [-0.1, -0.05) is 0 Å². The average Bonchev–Trinajstić information content (AvgIpc) is 2.17. The first kappa shape index (κ1) is 10.6. The lowest BCUT2D eigenvalue weighted by Gasteiger charge is -2.04. The number of aromatic nitrogens is 2. The van der Waals surface area contributed by atoms with Gasteiger partial charge in [-0.2, -0.15) is 0 Å². The van der Waals surface area contributed by atoms with E-state index in [0.29, 0.717) is 10.9 Å². The van der Waals surface area contributed by atoms with Gasteiger partial charge in [-0.15, -0.1) is 0 Å². The molecule has 0 bridgehead atoms. The molecule has 0 aliphatic heterocycles. The molecule has 7 heteroatoms. The highest BCUT2D eigenvalue weighted by Crippen LogP contribution is 2.22. The van der Waals surface area contributed by atoms with Crippen LogP contribution in [-0.4, -0.2) is 29.7 Å². The molecule has 0 saturated carbocycles. The molecule has 2 heterocycles. The van der Waals surface area contributed by atoms with E-state index in [1.807, 2.05) is 0 Å². The Morgan fingerprint density at radius 1 is 1.31 bits per heavy atom. The first-order chi connectivity index (χ1) is 7.46. The Labute approximate surface area is 92.0 Å². The molecule has 0 atom stereocenters. The van der Waals surface area contributed by atoms with Crippen molar-refractivity contribution < 1.29 is 13.5 Å². The average molecular weight is 239 g/mol. The van der Waals surface area contributed by atoms with Crippen molar-refractivity contribution in [3.63, 3.8) is 0 Å². The van der Waals surface area contributed by atoms with E-state index in [-0.39, 0.29) is 11.6 Å². The van der Waals surface area contributed by atoms with Crippen LogP contribution in [0.1, 0.15) is 0 Å². The van der Waals surface area contributed by atoms with Crippen LogP contribution in [-0.2, 0) is 10.0 Å². The number of nitrogens with one attached hydrogen (secondary N) is 1. The van der Waals surface area contributed by atoms with Gasteiger partial charge in [-0.25, -0.2) is 13.4 Å². The zero-order valence-electron chi connectivity index (χ0n) is 8.38. The molecule has 0 radical (unpaired) electrons. The summed E-state index contributed by atoms with van der Waals surface area (Å²) in [6, 6.07) is 3.13. The minimum Gasteiger partial charge on any atom is -0.504 e. The molecule has 16 heavy (non-hydrogen) atoms. The summed E-state index contributed by atoms with van der Waals surface area (Å²) in [5, 5.41) is 10.1. The van der Waals surface area contributed by atoms with Gasteiger partial charge in [-0.05, 0) is 12.1 Å². The highest BCUT2D eigenvalue weighted by molar-refractivity contribution is 7.92. The predicted molar refractivity (Wildman–Crippen MR) is 59.7 cm³/mol. The van der Waals surface area contributed by atoms with Gasteiger partial charge >= 0.3 is 0 Å². The van der Waals surface area contributed by atoms with Crippen molar-refractivity contribution in [2.75, 3.05) is 11.0 Å². The number of hydrogen-bond donors (Lipinski definition) is 2. The molecule has 0 amide bonds. The first-order valence-electron chi connectivity index (χ1n) is 4.37. The Morgan fingerprint density at radius 3 is 2.75 bits per heavy atom. The number of pyridine rings is 2. The lowest BCUT2D eigenvalue weighted by molar-refractivity contribution is 0.478. The molecule has 2 N–H and O–H groups in total. The minimum absolute atomic E-state index is 0.0883. The Morgan fingerprint density at radius 2 is 2.06 bits per heavy atom. The maximum absolute atomic E-state index is 11.0. The van der Waals surface area contributed by atoms with Crippen molar-refractivity contribution in [2.24, 2.45) is 0 Å². The van der Waals surface area contributed by atoms with E-state index in [1.165, 1.54) is 18.5 Å². The molecule has 2 rings (SSSR count). The number of rotatable bonds is 2. The van der Waals surface area contributed by atoms with Crippen LogP contribution in [0.25, 0.3) is 10.9 Å². The fourth-order valence-electron chi connectivity index (χ4n) is 1.28. The third kappa shape index (κ3) is 2.19. The second kappa shape index (κ2) is 3.60. The molecule has 0 saturated heterocycles. The number of sulfonamides is 1. The van der Waals surface area contributed by atoms with Gasteiger partial charge in [0.2, 0.25) is 10.0 Å². The zero-order chi connectivity index (χ0) is 11.8. The van der Waals surface area contributed by atoms with Crippen LogP contribution in [0.2, 0.25) is 0 Å². The van der Waals surface area contributed by atoms with E-state index in [9.17, 15) is 13.5 Å². The molecular formula is C9H9N3O3S. The van der Waals surface area contributed by atoms with Gasteiger partial charge in [-0.3, -0.25) is 9.71 Å². The number of nitrogens with zero attached hydrogens (tertiary/aromatic N) is 2. The fraction of sp³-hybridized carbons (Fsp3) is 0.111. The molecule has 6 nitrogen and oxygen atoms in total. The van der Waals surface area contributed by atoms with E-state index < -0.39 is 10.0 Å². The topological polar surface area (TPSA) is 92.2 Å². The molecule has 0 aromatic carbocycles. The molecule has 0 aliphatic carbocycles. The molecule has 2 aromatic heterocycles. The van der Waals surface area contributed by atoms with Crippen LogP contribution >= 0.6 is 0 Å². The molecule has 0 aliphatic rings. The van der Waals surface area contributed by atoms with E-state index in [2.05, 4.69) is 14.7 Å². The van der Waals surface area contributed by atoms with Crippen LogP contribution in [0.5, 0.6) is 5.75 Å². The van der Waals surface area contributed by atoms with Crippen LogP contribution in [0.3, 0.4) is 0 Å². The van der Waals surface area contributed by atoms with E-state index in [0.717, 1.165) is 6.26 Å². The number of fused-ring (bicyclic) bond motifs is 1. The highest BCUT2D eigenvalue weighted by atomic mass is 32.2. The third-order valence-corrected chi connectivity index (χ3v) is 2.45. The Kier molecular flexibility index (Phi) is 2.39. The molecule has 0 fully saturated rings. The summed E-state index contributed by atoms with van der Waals surface area (Å²) >= 11 is 0. The van der Waals surface area contributed by atoms with Crippen LogP contribution in [0.15, 0.2) is 24.5 Å². The van der Waals surface area contributed by atoms with Crippen molar-refractivity contribution in [1.29, 1.82) is 0 Å². The molecule has 0 spiro atoms. The number of anilines is 1. The second-order valence-corrected chi connectivity index (χ2v) is 5.05. The Bertz CT molecular complexity index is 639. The van der Waals surface area contributed by atoms with Gasteiger partial charge < -0.3 is 5.11 Å². The van der Waals surface area contributed by atoms with Crippen LogP contribution in [0.4, 0.5) is 5.82 Å². The Hall–Kier alpha value is -1.89. The lowest BCUT2D eigenvalue weighted by Crippen LogP contribution is -2.10. The minimum atomic E-state index is -3.37. The van der Waals surface area contributed by atoms with E-state index in [1.54, 1.807) is 6.07 Å². The van der Waals surface area contributed by atoms with Gasteiger partial charge in [0.1, 0.15) is 11.3 Å². The van der Waals surface area contributed by atoms with Crippen molar-refractivity contribution in [3.05, 3.63) is 24.5 Å². The predicted octanol–water partition coefficient (Wildman–Crippen LogP) is 0.707. The number of aromatic hydroxyl groups is 1. The van der Waals surface area contributed by atoms with Crippen molar-refractivity contribution in [1.82, 2.24) is 9.97 Å². The van der Waals surface area contributed by atoms with E-state index in [4.69, 9.17) is 0 Å². The second-order valence-electron chi connectivity index (χ2n) is 3.30.